The lowest BCUT2D eigenvalue weighted by atomic mass is 10.1. The van der Waals surface area contributed by atoms with E-state index in [1.165, 1.54) is 0 Å². The van der Waals surface area contributed by atoms with Crippen molar-refractivity contribution in [3.05, 3.63) is 96.1 Å². The topological polar surface area (TPSA) is 40.6 Å². The molecule has 0 saturated heterocycles. The first kappa shape index (κ1) is 19.6. The van der Waals surface area contributed by atoms with Gasteiger partial charge in [-0.2, -0.15) is 0 Å². The summed E-state index contributed by atoms with van der Waals surface area (Å²) in [5.41, 5.74) is 1.31. The molecule has 150 valence electrons. The molecule has 4 aromatic rings. The Morgan fingerprint density at radius 3 is 1.33 bits per heavy atom. The summed E-state index contributed by atoms with van der Waals surface area (Å²) in [6.07, 6.45) is 0. The van der Waals surface area contributed by atoms with Gasteiger partial charge in [0.15, 0.2) is 0 Å². The summed E-state index contributed by atoms with van der Waals surface area (Å²) in [6, 6.07) is 27.4. The van der Waals surface area contributed by atoms with E-state index in [0.717, 1.165) is 21.5 Å². The van der Waals surface area contributed by atoms with Crippen LogP contribution < -0.4 is 0 Å². The molecule has 0 heterocycles. The van der Waals surface area contributed by atoms with Gasteiger partial charge in [0.25, 0.3) is 11.8 Å². The van der Waals surface area contributed by atoms with Gasteiger partial charge in [-0.1, -0.05) is 60.7 Å². The number of likely N-dealkylation sites (N-methyl/N-ethyl adjacent to an activating group) is 2. The van der Waals surface area contributed by atoms with Gasteiger partial charge in [-0.15, -0.1) is 0 Å². The molecule has 30 heavy (non-hydrogen) atoms. The molecule has 0 radical (unpaired) electrons. The number of amides is 2. The van der Waals surface area contributed by atoms with E-state index in [-0.39, 0.29) is 11.8 Å². The minimum Gasteiger partial charge on any atom is -0.340 e. The molecular formula is C26H24N2O2. The van der Waals surface area contributed by atoms with E-state index in [4.69, 9.17) is 0 Å². The van der Waals surface area contributed by atoms with E-state index >= 15 is 0 Å². The zero-order chi connectivity index (χ0) is 21.1. The second kappa shape index (κ2) is 8.37. The van der Waals surface area contributed by atoms with Gasteiger partial charge < -0.3 is 9.80 Å². The molecule has 4 nitrogen and oxygen atoms in total. The third kappa shape index (κ3) is 4.03. The van der Waals surface area contributed by atoms with Gasteiger partial charge >= 0.3 is 0 Å². The Morgan fingerprint density at radius 2 is 0.933 bits per heavy atom. The molecule has 0 saturated carbocycles. The molecule has 0 fully saturated rings. The third-order valence-electron chi connectivity index (χ3n) is 5.46. The van der Waals surface area contributed by atoms with Gasteiger partial charge in [-0.05, 0) is 45.8 Å². The molecule has 0 N–H and O–H groups in total. The van der Waals surface area contributed by atoms with Crippen LogP contribution in [0.25, 0.3) is 21.5 Å². The summed E-state index contributed by atoms with van der Waals surface area (Å²) < 4.78 is 0. The van der Waals surface area contributed by atoms with Crippen LogP contribution in [-0.4, -0.2) is 48.8 Å². The van der Waals surface area contributed by atoms with Crippen LogP contribution in [-0.2, 0) is 0 Å². The first-order chi connectivity index (χ1) is 14.5. The van der Waals surface area contributed by atoms with Crippen LogP contribution in [0.1, 0.15) is 20.7 Å². The van der Waals surface area contributed by atoms with E-state index in [0.29, 0.717) is 24.2 Å². The summed E-state index contributed by atoms with van der Waals surface area (Å²) in [5, 5.41) is 4.30. The molecule has 4 heteroatoms. The molecule has 0 aliphatic carbocycles. The second-order valence-corrected chi connectivity index (χ2v) is 7.58. The van der Waals surface area contributed by atoms with Crippen LogP contribution >= 0.6 is 0 Å². The van der Waals surface area contributed by atoms with Crippen molar-refractivity contribution in [2.24, 2.45) is 0 Å². The Bertz CT molecular complexity index is 1130. The Morgan fingerprint density at radius 1 is 0.567 bits per heavy atom. The van der Waals surface area contributed by atoms with Gasteiger partial charge in [0, 0.05) is 38.3 Å². The number of fused-ring (bicyclic) bond motifs is 2. The minimum atomic E-state index is -0.0488. The predicted octanol–water partition coefficient (Wildman–Crippen LogP) is 4.84. The molecule has 0 aliphatic heterocycles. The standard InChI is InChI=1S/C26H24N2O2/c1-27(25(29)23-13-11-19-7-3-5-9-21(19)17-23)15-16-28(2)26(30)24-14-12-20-8-4-6-10-22(20)18-24/h3-14,17-18H,15-16H2,1-2H3. The first-order valence-electron chi connectivity index (χ1n) is 10.0. The lowest BCUT2D eigenvalue weighted by Gasteiger charge is -2.23. The van der Waals surface area contributed by atoms with Gasteiger partial charge in [0.2, 0.25) is 0 Å². The second-order valence-electron chi connectivity index (χ2n) is 7.58. The van der Waals surface area contributed by atoms with Crippen molar-refractivity contribution in [3.8, 4) is 0 Å². The minimum absolute atomic E-state index is 0.0488. The molecule has 0 unspecified atom stereocenters. The average Bonchev–Trinajstić information content (AvgIpc) is 2.80. The molecule has 2 amide bonds. The number of carbonyl (C=O) groups excluding carboxylic acids is 2. The van der Waals surface area contributed by atoms with Crippen molar-refractivity contribution >= 4 is 33.4 Å². The van der Waals surface area contributed by atoms with E-state index in [2.05, 4.69) is 0 Å². The van der Waals surface area contributed by atoms with Crippen LogP contribution in [0.4, 0.5) is 0 Å². The number of hydrogen-bond acceptors (Lipinski definition) is 2. The number of carbonyl (C=O) groups is 2. The lowest BCUT2D eigenvalue weighted by molar-refractivity contribution is 0.0719. The summed E-state index contributed by atoms with van der Waals surface area (Å²) in [4.78, 5) is 28.9. The Hall–Kier alpha value is -3.66. The van der Waals surface area contributed by atoms with Crippen LogP contribution in [0.15, 0.2) is 84.9 Å². The Balaban J connectivity index is 1.40. The van der Waals surface area contributed by atoms with Crippen LogP contribution in [0.2, 0.25) is 0 Å². The van der Waals surface area contributed by atoms with Crippen molar-refractivity contribution in [2.45, 2.75) is 0 Å². The quantitative estimate of drug-likeness (QED) is 0.484. The van der Waals surface area contributed by atoms with E-state index < -0.39 is 0 Å². The smallest absolute Gasteiger partial charge is 0.253 e. The van der Waals surface area contributed by atoms with Crippen molar-refractivity contribution in [1.82, 2.24) is 9.80 Å². The summed E-state index contributed by atoms with van der Waals surface area (Å²) in [6.45, 7) is 0.920. The van der Waals surface area contributed by atoms with Gasteiger partial charge in [0.1, 0.15) is 0 Å². The molecule has 0 bridgehead atoms. The van der Waals surface area contributed by atoms with Crippen LogP contribution in [0, 0.1) is 0 Å². The highest BCUT2D eigenvalue weighted by Crippen LogP contribution is 2.18. The maximum atomic E-state index is 12.8. The molecule has 0 aromatic heterocycles. The predicted molar refractivity (Wildman–Crippen MR) is 122 cm³/mol. The van der Waals surface area contributed by atoms with Crippen molar-refractivity contribution in [1.29, 1.82) is 0 Å². The van der Waals surface area contributed by atoms with Crippen molar-refractivity contribution < 1.29 is 9.59 Å². The molecule has 4 rings (SSSR count). The Kier molecular flexibility index (Phi) is 5.48. The highest BCUT2D eigenvalue weighted by Gasteiger charge is 2.16. The van der Waals surface area contributed by atoms with Crippen molar-refractivity contribution in [3.63, 3.8) is 0 Å². The van der Waals surface area contributed by atoms with E-state index in [9.17, 15) is 9.59 Å². The molecular weight excluding hydrogens is 372 g/mol. The maximum absolute atomic E-state index is 12.8. The summed E-state index contributed by atoms with van der Waals surface area (Å²) >= 11 is 0. The monoisotopic (exact) mass is 396 g/mol. The average molecular weight is 396 g/mol. The van der Waals surface area contributed by atoms with Crippen LogP contribution in [0.3, 0.4) is 0 Å². The first-order valence-corrected chi connectivity index (χ1v) is 10.0. The number of nitrogens with zero attached hydrogens (tertiary/aromatic N) is 2. The fraction of sp³-hybridized carbons (Fsp3) is 0.154. The molecule has 4 aromatic carbocycles. The number of hydrogen-bond donors (Lipinski definition) is 0. The summed E-state index contributed by atoms with van der Waals surface area (Å²) in [5.74, 6) is -0.0976. The van der Waals surface area contributed by atoms with Gasteiger partial charge in [0.05, 0.1) is 0 Å². The number of rotatable bonds is 5. The molecule has 0 aliphatic rings. The van der Waals surface area contributed by atoms with Gasteiger partial charge in [-0.25, -0.2) is 0 Å². The number of benzene rings is 4. The zero-order valence-corrected chi connectivity index (χ0v) is 17.2. The highest BCUT2D eigenvalue weighted by molar-refractivity contribution is 5.99. The van der Waals surface area contributed by atoms with Gasteiger partial charge in [-0.3, -0.25) is 9.59 Å². The molecule has 0 atom stereocenters. The molecule has 0 spiro atoms. The largest absolute Gasteiger partial charge is 0.340 e. The van der Waals surface area contributed by atoms with E-state index in [1.54, 1.807) is 23.9 Å². The maximum Gasteiger partial charge on any atom is 0.253 e. The lowest BCUT2D eigenvalue weighted by Crippen LogP contribution is -2.37. The van der Waals surface area contributed by atoms with Crippen LogP contribution in [0.5, 0.6) is 0 Å². The highest BCUT2D eigenvalue weighted by atomic mass is 16.2. The fourth-order valence-electron chi connectivity index (χ4n) is 3.59. The Labute approximate surface area is 176 Å². The normalized spacial score (nSPS) is 10.9. The van der Waals surface area contributed by atoms with E-state index in [1.807, 2.05) is 84.9 Å². The summed E-state index contributed by atoms with van der Waals surface area (Å²) in [7, 11) is 3.54. The fourth-order valence-corrected chi connectivity index (χ4v) is 3.59. The zero-order valence-electron chi connectivity index (χ0n) is 17.2. The third-order valence-corrected chi connectivity index (χ3v) is 5.46. The van der Waals surface area contributed by atoms with Crippen molar-refractivity contribution in [2.75, 3.05) is 27.2 Å². The SMILES string of the molecule is CN(CCN(C)C(=O)c1ccc2ccccc2c1)C(=O)c1ccc2ccccc2c1.